The van der Waals surface area contributed by atoms with Crippen LogP contribution in [0.4, 0.5) is 14.9 Å². The lowest BCUT2D eigenvalue weighted by Crippen LogP contribution is -2.54. The van der Waals surface area contributed by atoms with Gasteiger partial charge in [0.05, 0.1) is 0 Å². The summed E-state index contributed by atoms with van der Waals surface area (Å²) >= 11 is 0. The number of amides is 2. The van der Waals surface area contributed by atoms with Gasteiger partial charge in [-0.1, -0.05) is 24.3 Å². The van der Waals surface area contributed by atoms with Crippen molar-refractivity contribution in [1.29, 1.82) is 0 Å². The molecule has 2 N–H and O–H groups in total. The van der Waals surface area contributed by atoms with Crippen molar-refractivity contribution in [3.63, 3.8) is 0 Å². The molecule has 1 saturated carbocycles. The van der Waals surface area contributed by atoms with Crippen LogP contribution in [0.15, 0.2) is 48.5 Å². The Morgan fingerprint density at radius 2 is 1.94 bits per heavy atom. The zero-order chi connectivity index (χ0) is 22.5. The van der Waals surface area contributed by atoms with Gasteiger partial charge in [0.1, 0.15) is 5.82 Å². The maximum Gasteiger partial charge on any atom is 0.319 e. The summed E-state index contributed by atoms with van der Waals surface area (Å²) in [6, 6.07) is 14.2. The highest BCUT2D eigenvalue weighted by molar-refractivity contribution is 5.96. The number of carbonyl (C=O) groups is 2. The summed E-state index contributed by atoms with van der Waals surface area (Å²) in [5, 5.41) is 5.72. The van der Waals surface area contributed by atoms with Gasteiger partial charge in [-0.2, -0.15) is 0 Å². The van der Waals surface area contributed by atoms with Crippen LogP contribution in [0.5, 0.6) is 0 Å². The Morgan fingerprint density at radius 1 is 1.12 bits per heavy atom. The number of hydrogen-bond acceptors (Lipinski definition) is 3. The van der Waals surface area contributed by atoms with E-state index in [1.807, 2.05) is 12.1 Å². The minimum atomic E-state index is -0.250. The first-order valence-corrected chi connectivity index (χ1v) is 11.6. The van der Waals surface area contributed by atoms with E-state index in [1.54, 1.807) is 36.4 Å². The number of ketones is 1. The van der Waals surface area contributed by atoms with E-state index < -0.39 is 0 Å². The fourth-order valence-electron chi connectivity index (χ4n) is 5.33. The Balaban J connectivity index is 1.22. The fraction of sp³-hybridized carbons (Fsp3) is 0.462. The van der Waals surface area contributed by atoms with Gasteiger partial charge in [-0.05, 0) is 80.7 Å². The largest absolute Gasteiger partial charge is 0.338 e. The van der Waals surface area contributed by atoms with Gasteiger partial charge in [0.2, 0.25) is 0 Å². The highest BCUT2D eigenvalue weighted by Crippen LogP contribution is 2.40. The van der Waals surface area contributed by atoms with Crippen molar-refractivity contribution in [2.75, 3.05) is 25.0 Å². The Labute approximate surface area is 189 Å². The molecule has 0 spiro atoms. The summed E-state index contributed by atoms with van der Waals surface area (Å²) in [6.45, 7) is 4.24. The van der Waals surface area contributed by atoms with Gasteiger partial charge in [-0.25, -0.2) is 9.18 Å². The zero-order valence-corrected chi connectivity index (χ0v) is 18.6. The van der Waals surface area contributed by atoms with Crippen molar-refractivity contribution >= 4 is 17.5 Å². The lowest BCUT2D eigenvalue weighted by atomic mass is 9.70. The van der Waals surface area contributed by atoms with Crippen LogP contribution in [0.1, 0.15) is 48.5 Å². The topological polar surface area (TPSA) is 61.4 Å². The minimum Gasteiger partial charge on any atom is -0.338 e. The molecule has 0 aromatic heterocycles. The number of piperidine rings is 2. The molecule has 0 radical (unpaired) electrons. The SMILES string of the molecule is CC(=O)c1cccc(NC(=O)NCCCN2CC3CCC2[C@H](Cc2ccc(F)cc2)C3)c1. The summed E-state index contributed by atoms with van der Waals surface area (Å²) < 4.78 is 13.2. The van der Waals surface area contributed by atoms with E-state index in [9.17, 15) is 14.0 Å². The molecule has 2 aromatic rings. The van der Waals surface area contributed by atoms with Gasteiger partial charge in [0, 0.05) is 36.9 Å². The van der Waals surface area contributed by atoms with E-state index in [1.165, 1.54) is 31.7 Å². The Kier molecular flexibility index (Phi) is 7.20. The number of nitrogens with one attached hydrogen (secondary N) is 2. The number of Topliss-reactive ketones (excluding diaryl/α,β-unsaturated/α-hetero) is 1. The quantitative estimate of drug-likeness (QED) is 0.457. The molecular formula is C26H32FN3O2. The van der Waals surface area contributed by atoms with E-state index >= 15 is 0 Å². The number of carbonyl (C=O) groups excluding carboxylic acids is 2. The molecule has 2 bridgehead atoms. The molecule has 3 aliphatic rings. The number of rotatable bonds is 8. The molecule has 170 valence electrons. The molecule has 2 aromatic carbocycles. The minimum absolute atomic E-state index is 0.0254. The third-order valence-electron chi connectivity index (χ3n) is 6.86. The second-order valence-electron chi connectivity index (χ2n) is 9.20. The number of nitrogens with zero attached hydrogens (tertiary/aromatic N) is 1. The van der Waals surface area contributed by atoms with Crippen LogP contribution >= 0.6 is 0 Å². The average Bonchev–Trinajstić information content (AvgIpc) is 2.79. The summed E-state index contributed by atoms with van der Waals surface area (Å²) in [5.74, 6) is 1.17. The van der Waals surface area contributed by atoms with Crippen molar-refractivity contribution in [2.45, 2.75) is 45.1 Å². The second kappa shape index (κ2) is 10.3. The van der Waals surface area contributed by atoms with Crippen LogP contribution in [0.2, 0.25) is 0 Å². The van der Waals surface area contributed by atoms with Crippen LogP contribution in [0, 0.1) is 17.7 Å². The average molecular weight is 438 g/mol. The van der Waals surface area contributed by atoms with Gasteiger partial charge in [-0.15, -0.1) is 0 Å². The second-order valence-corrected chi connectivity index (χ2v) is 9.20. The predicted molar refractivity (Wildman–Crippen MR) is 124 cm³/mol. The number of fused-ring (bicyclic) bond motifs is 3. The summed E-state index contributed by atoms with van der Waals surface area (Å²) in [7, 11) is 0. The highest BCUT2D eigenvalue weighted by Gasteiger charge is 2.40. The lowest BCUT2D eigenvalue weighted by Gasteiger charge is -2.50. The molecule has 2 amide bonds. The predicted octanol–water partition coefficient (Wildman–Crippen LogP) is 4.88. The van der Waals surface area contributed by atoms with E-state index in [-0.39, 0.29) is 17.6 Å². The number of halogens is 1. The van der Waals surface area contributed by atoms with Gasteiger partial charge >= 0.3 is 6.03 Å². The number of benzene rings is 2. The number of hydrogen-bond donors (Lipinski definition) is 2. The van der Waals surface area contributed by atoms with Gasteiger partial charge in [-0.3, -0.25) is 9.69 Å². The number of urea groups is 1. The molecule has 5 nitrogen and oxygen atoms in total. The molecule has 5 rings (SSSR count). The zero-order valence-electron chi connectivity index (χ0n) is 18.6. The normalized spacial score (nSPS) is 22.5. The molecule has 2 aliphatic heterocycles. The molecule has 2 heterocycles. The van der Waals surface area contributed by atoms with Crippen LogP contribution in [-0.4, -0.2) is 42.4 Å². The maximum atomic E-state index is 13.2. The van der Waals surface area contributed by atoms with Crippen LogP contribution in [0.3, 0.4) is 0 Å². The van der Waals surface area contributed by atoms with E-state index in [0.29, 0.717) is 29.8 Å². The summed E-state index contributed by atoms with van der Waals surface area (Å²) in [4.78, 5) is 26.3. The number of anilines is 1. The van der Waals surface area contributed by atoms with Gasteiger partial charge < -0.3 is 10.6 Å². The molecular weight excluding hydrogens is 405 g/mol. The maximum absolute atomic E-state index is 13.2. The van der Waals surface area contributed by atoms with Crippen LogP contribution in [-0.2, 0) is 6.42 Å². The summed E-state index contributed by atoms with van der Waals surface area (Å²) in [5.41, 5.74) is 2.42. The van der Waals surface area contributed by atoms with Gasteiger partial charge in [0.25, 0.3) is 0 Å². The van der Waals surface area contributed by atoms with Crippen molar-refractivity contribution in [1.82, 2.24) is 10.2 Å². The van der Waals surface area contributed by atoms with E-state index in [2.05, 4.69) is 15.5 Å². The molecule has 3 atom stereocenters. The van der Waals surface area contributed by atoms with Crippen LogP contribution < -0.4 is 10.6 Å². The van der Waals surface area contributed by atoms with Crippen molar-refractivity contribution in [3.8, 4) is 0 Å². The van der Waals surface area contributed by atoms with E-state index in [4.69, 9.17) is 0 Å². The van der Waals surface area contributed by atoms with E-state index in [0.717, 1.165) is 31.8 Å². The molecule has 32 heavy (non-hydrogen) atoms. The van der Waals surface area contributed by atoms with Crippen molar-refractivity contribution in [3.05, 3.63) is 65.5 Å². The first-order valence-electron chi connectivity index (χ1n) is 11.6. The first kappa shape index (κ1) is 22.5. The third-order valence-corrected chi connectivity index (χ3v) is 6.86. The molecule has 2 saturated heterocycles. The molecule has 6 heteroatoms. The highest BCUT2D eigenvalue weighted by atomic mass is 19.1. The molecule has 1 aliphatic carbocycles. The standard InChI is InChI=1S/C26H32FN3O2/c1-18(31)21-4-2-5-24(16-21)29-26(32)28-12-3-13-30-17-20-8-11-25(30)22(15-20)14-19-6-9-23(27)10-7-19/h2,4-7,9-10,16,20,22,25H,3,8,11-15,17H2,1H3,(H2,28,29,32)/t20?,22-,25?/m1/s1. The Bertz CT molecular complexity index is 946. The fourth-order valence-corrected chi connectivity index (χ4v) is 5.33. The Morgan fingerprint density at radius 3 is 2.69 bits per heavy atom. The molecule has 2 unspecified atom stereocenters. The monoisotopic (exact) mass is 437 g/mol. The Hall–Kier alpha value is -2.73. The smallest absolute Gasteiger partial charge is 0.319 e. The van der Waals surface area contributed by atoms with Crippen LogP contribution in [0.25, 0.3) is 0 Å². The van der Waals surface area contributed by atoms with Crippen molar-refractivity contribution in [2.24, 2.45) is 11.8 Å². The summed E-state index contributed by atoms with van der Waals surface area (Å²) in [6.07, 6.45) is 5.71. The first-order chi connectivity index (χ1) is 15.5. The lowest BCUT2D eigenvalue weighted by molar-refractivity contribution is 0.000976. The molecule has 3 fully saturated rings. The van der Waals surface area contributed by atoms with Crippen molar-refractivity contribution < 1.29 is 14.0 Å². The van der Waals surface area contributed by atoms with Gasteiger partial charge in [0.15, 0.2) is 5.78 Å². The third kappa shape index (κ3) is 5.74.